The monoisotopic (exact) mass is 295 g/mol. The Morgan fingerprint density at radius 2 is 1.87 bits per heavy atom. The van der Waals surface area contributed by atoms with Crippen molar-refractivity contribution in [3.63, 3.8) is 0 Å². The third-order valence-electron chi connectivity index (χ3n) is 1.24. The summed E-state index contributed by atoms with van der Waals surface area (Å²) in [7, 11) is 0. The number of nitrogens with two attached hydrogens (primary N) is 1. The quantitative estimate of drug-likeness (QED) is 0.673. The minimum absolute atomic E-state index is 0.0699. The van der Waals surface area contributed by atoms with Gasteiger partial charge in [-0.1, -0.05) is 43.6 Å². The summed E-state index contributed by atoms with van der Waals surface area (Å²) >= 11 is 4.39. The van der Waals surface area contributed by atoms with Crippen molar-refractivity contribution in [1.29, 1.82) is 0 Å². The van der Waals surface area contributed by atoms with Gasteiger partial charge in [-0.05, 0) is 18.3 Å². The van der Waals surface area contributed by atoms with Crippen LogP contribution in [-0.2, 0) is 0 Å². The van der Waals surface area contributed by atoms with Gasteiger partial charge in [0.1, 0.15) is 10.6 Å². The van der Waals surface area contributed by atoms with Crippen LogP contribution < -0.4 is 10.7 Å². The van der Waals surface area contributed by atoms with Gasteiger partial charge in [-0.3, -0.25) is 10.5 Å². The number of carbonyl (C=O) groups excluding carboxylic acids is 1. The molecule has 0 unspecified atom stereocenters. The molecular weight excluding hydrogens is 276 g/mol. The van der Waals surface area contributed by atoms with E-state index >= 15 is 0 Å². The number of alkyl halides is 1. The number of ketones is 1. The zero-order chi connectivity index (χ0) is 12.4. The number of rotatable bonds is 2. The normalized spacial score (nSPS) is 8.13. The average Bonchev–Trinajstić information content (AvgIpc) is 2.62. The van der Waals surface area contributed by atoms with E-state index in [2.05, 4.69) is 20.9 Å². The van der Waals surface area contributed by atoms with Gasteiger partial charge in [0, 0.05) is 0 Å². The number of H-pyrrole nitrogens is 1. The summed E-state index contributed by atoms with van der Waals surface area (Å²) in [6.45, 7) is 9.84. The van der Waals surface area contributed by atoms with Crippen LogP contribution in [0, 0.1) is 6.92 Å². The van der Waals surface area contributed by atoms with Gasteiger partial charge < -0.3 is 0 Å². The zero-order valence-electron chi connectivity index (χ0n) is 9.98. The maximum Gasteiger partial charge on any atom is 0.330 e. The molecule has 0 bridgehead atoms. The molecule has 1 rings (SSSR count). The van der Waals surface area contributed by atoms with Gasteiger partial charge >= 0.3 is 5.13 Å². The molecule has 0 aliphatic heterocycles. The van der Waals surface area contributed by atoms with Gasteiger partial charge in [0.2, 0.25) is 0 Å². The Hall–Kier alpha value is -0.420. The lowest BCUT2D eigenvalue weighted by atomic mass is 10.3. The van der Waals surface area contributed by atoms with Crippen LogP contribution in [0.25, 0.3) is 0 Å². The van der Waals surface area contributed by atoms with Crippen molar-refractivity contribution in [2.24, 2.45) is 0 Å². The largest absolute Gasteiger partial charge is 0.330 e. The molecule has 0 spiro atoms. The second-order valence-electron chi connectivity index (χ2n) is 2.10. The highest BCUT2D eigenvalue weighted by Gasteiger charge is 2.15. The Morgan fingerprint density at radius 3 is 2.13 bits per heavy atom. The van der Waals surface area contributed by atoms with Crippen LogP contribution in [0.3, 0.4) is 0 Å². The van der Waals surface area contributed by atoms with Crippen molar-refractivity contribution in [2.45, 2.75) is 34.6 Å². The van der Waals surface area contributed by atoms with Crippen molar-refractivity contribution >= 4 is 38.2 Å². The molecule has 0 aromatic carbocycles. The summed E-state index contributed by atoms with van der Waals surface area (Å²) in [5.74, 6) is 0.0699. The number of nitrogen functional groups attached to an aromatic ring is 1. The number of hydrogen-bond donors (Lipinski definition) is 1. The molecule has 3 nitrogen and oxygen atoms in total. The van der Waals surface area contributed by atoms with Gasteiger partial charge in [-0.25, -0.2) is 4.98 Å². The molecule has 0 aliphatic rings. The molecule has 0 saturated heterocycles. The Balaban J connectivity index is 0. The highest BCUT2D eigenvalue weighted by Crippen LogP contribution is 2.16. The number of aryl methyl sites for hydroxylation is 1. The maximum absolute atomic E-state index is 11.1. The van der Waals surface area contributed by atoms with Gasteiger partial charge in [-0.15, -0.1) is 0 Å². The van der Waals surface area contributed by atoms with Crippen molar-refractivity contribution in [2.75, 3.05) is 11.1 Å². The molecule has 3 N–H and O–H groups in total. The first-order valence-electron chi connectivity index (χ1n) is 5.02. The summed E-state index contributed by atoms with van der Waals surface area (Å²) in [5, 5.41) is 0.925. The molecule has 1 aromatic rings. The second kappa shape index (κ2) is 10.1. The number of thiazole rings is 1. The lowest BCUT2D eigenvalue weighted by Gasteiger charge is -1.87. The molecule has 0 aliphatic carbocycles. The number of Topliss-reactive ketones (excluding diaryl/α,β-unsaturated/α-hetero) is 1. The van der Waals surface area contributed by atoms with E-state index in [9.17, 15) is 4.79 Å². The summed E-state index contributed by atoms with van der Waals surface area (Å²) in [6, 6.07) is 0. The second-order valence-corrected chi connectivity index (χ2v) is 3.72. The molecule has 5 heteroatoms. The van der Waals surface area contributed by atoms with E-state index in [0.29, 0.717) is 15.3 Å². The Bertz CT molecular complexity index is 287. The first-order chi connectivity index (χ1) is 7.15. The fourth-order valence-corrected chi connectivity index (χ4v) is 2.06. The van der Waals surface area contributed by atoms with Gasteiger partial charge in [0.15, 0.2) is 5.78 Å². The number of anilines is 1. The lowest BCUT2D eigenvalue weighted by Crippen LogP contribution is -2.09. The molecular formula is C10H20BrN2OS+. The van der Waals surface area contributed by atoms with Gasteiger partial charge in [-0.2, -0.15) is 0 Å². The van der Waals surface area contributed by atoms with Crippen LogP contribution >= 0.6 is 27.3 Å². The van der Waals surface area contributed by atoms with Crippen molar-refractivity contribution in [1.82, 2.24) is 0 Å². The number of aromatic nitrogens is 1. The smallest absolute Gasteiger partial charge is 0.292 e. The molecule has 15 heavy (non-hydrogen) atoms. The molecule has 88 valence electrons. The number of nitrogens with one attached hydrogen (secondary N) is 1. The van der Waals surface area contributed by atoms with Crippen LogP contribution in [0.4, 0.5) is 5.13 Å². The van der Waals surface area contributed by atoms with Crippen molar-refractivity contribution in [3.05, 3.63) is 10.6 Å². The molecule has 0 fully saturated rings. The Kier molecular flexibility index (Phi) is 11.5. The standard InChI is InChI=1S/C6H7BrN2OS.2C2H6/c1-3-5(4(10)2-7)11-6(8)9-3;2*1-2/h2H2,1H3,(H2,8,9);2*1-2H3/p+1. The predicted octanol–water partition coefficient (Wildman–Crippen LogP) is 3.08. The van der Waals surface area contributed by atoms with Gasteiger partial charge in [0.25, 0.3) is 0 Å². The molecule has 0 amide bonds. The number of hydrogen-bond acceptors (Lipinski definition) is 3. The summed E-state index contributed by atoms with van der Waals surface area (Å²) < 4.78 is 0. The predicted molar refractivity (Wildman–Crippen MR) is 70.8 cm³/mol. The van der Waals surface area contributed by atoms with E-state index in [1.807, 2.05) is 34.6 Å². The Labute approximate surface area is 104 Å². The summed E-state index contributed by atoms with van der Waals surface area (Å²) in [5.41, 5.74) is 6.31. The number of aromatic amines is 1. The molecule has 0 saturated carbocycles. The van der Waals surface area contributed by atoms with E-state index in [-0.39, 0.29) is 5.78 Å². The summed E-state index contributed by atoms with van der Waals surface area (Å²) in [4.78, 5) is 14.7. The van der Waals surface area contributed by atoms with E-state index in [4.69, 9.17) is 5.73 Å². The molecule has 1 heterocycles. The minimum atomic E-state index is 0.0699. The van der Waals surface area contributed by atoms with E-state index < -0.39 is 0 Å². The van der Waals surface area contributed by atoms with Crippen molar-refractivity contribution in [3.8, 4) is 0 Å². The average molecular weight is 296 g/mol. The summed E-state index contributed by atoms with van der Waals surface area (Å²) in [6.07, 6.45) is 0. The first kappa shape index (κ1) is 17.0. The van der Waals surface area contributed by atoms with E-state index in [0.717, 1.165) is 5.69 Å². The van der Waals surface area contributed by atoms with Crippen LogP contribution in [0.2, 0.25) is 0 Å². The highest BCUT2D eigenvalue weighted by molar-refractivity contribution is 9.09. The van der Waals surface area contributed by atoms with Crippen molar-refractivity contribution < 1.29 is 9.78 Å². The zero-order valence-corrected chi connectivity index (χ0v) is 12.4. The van der Waals surface area contributed by atoms with E-state index in [1.54, 1.807) is 0 Å². The third kappa shape index (κ3) is 5.89. The fourth-order valence-electron chi connectivity index (χ4n) is 0.780. The maximum atomic E-state index is 11.1. The third-order valence-corrected chi connectivity index (χ3v) is 2.81. The Morgan fingerprint density at radius 1 is 1.40 bits per heavy atom. The van der Waals surface area contributed by atoms with Crippen LogP contribution in [0.1, 0.15) is 43.1 Å². The number of carbonyl (C=O) groups is 1. The van der Waals surface area contributed by atoms with E-state index in [1.165, 1.54) is 11.3 Å². The minimum Gasteiger partial charge on any atom is -0.292 e. The fraction of sp³-hybridized carbons (Fsp3) is 0.600. The lowest BCUT2D eigenvalue weighted by molar-refractivity contribution is -0.363. The molecule has 1 aromatic heterocycles. The first-order valence-corrected chi connectivity index (χ1v) is 6.96. The van der Waals surface area contributed by atoms with Crippen LogP contribution in [0.15, 0.2) is 0 Å². The van der Waals surface area contributed by atoms with Crippen LogP contribution in [0.5, 0.6) is 0 Å². The molecule has 0 atom stereocenters. The van der Waals surface area contributed by atoms with Gasteiger partial charge in [0.05, 0.1) is 5.33 Å². The topological polar surface area (TPSA) is 57.2 Å². The molecule has 0 radical (unpaired) electrons. The highest BCUT2D eigenvalue weighted by atomic mass is 79.9. The SMILES string of the molecule is CC.CC.Cc1[nH+]c(N)sc1C(=O)CBr. The number of halogens is 1. The van der Waals surface area contributed by atoms with Crippen LogP contribution in [-0.4, -0.2) is 11.1 Å².